The summed E-state index contributed by atoms with van der Waals surface area (Å²) in [4.78, 5) is 12.2. The lowest BCUT2D eigenvalue weighted by Gasteiger charge is -2.13. The molecule has 0 bridgehead atoms. The summed E-state index contributed by atoms with van der Waals surface area (Å²) in [6.07, 6.45) is 0. The van der Waals surface area contributed by atoms with Crippen LogP contribution in [0.1, 0.15) is 10.4 Å². The fourth-order valence-corrected chi connectivity index (χ4v) is 1.94. The first kappa shape index (κ1) is 15.5. The van der Waals surface area contributed by atoms with Gasteiger partial charge in [-0.1, -0.05) is 0 Å². The number of nitrogen functional groups attached to an aromatic ring is 1. The van der Waals surface area contributed by atoms with Crippen molar-refractivity contribution in [3.8, 4) is 17.2 Å². The van der Waals surface area contributed by atoms with Crippen LogP contribution in [0.25, 0.3) is 0 Å². The topological polar surface area (TPSA) is 82.8 Å². The number of nitrogens with one attached hydrogen (secondary N) is 1. The Morgan fingerprint density at radius 1 is 0.955 bits per heavy atom. The van der Waals surface area contributed by atoms with Crippen LogP contribution in [-0.4, -0.2) is 27.2 Å². The summed E-state index contributed by atoms with van der Waals surface area (Å²) >= 11 is 0. The number of nitrogens with two attached hydrogens (primary N) is 1. The summed E-state index contributed by atoms with van der Waals surface area (Å²) in [6, 6.07) is 9.99. The van der Waals surface area contributed by atoms with Crippen molar-refractivity contribution in [2.75, 3.05) is 32.4 Å². The molecule has 0 aliphatic rings. The monoisotopic (exact) mass is 302 g/mol. The highest BCUT2D eigenvalue weighted by Gasteiger charge is 2.12. The zero-order valence-electron chi connectivity index (χ0n) is 12.7. The van der Waals surface area contributed by atoms with Gasteiger partial charge in [0.2, 0.25) is 0 Å². The van der Waals surface area contributed by atoms with Crippen LogP contribution in [0, 0.1) is 0 Å². The molecule has 3 N–H and O–H groups in total. The van der Waals surface area contributed by atoms with Crippen molar-refractivity contribution in [1.29, 1.82) is 0 Å². The van der Waals surface area contributed by atoms with Crippen molar-refractivity contribution in [2.24, 2.45) is 0 Å². The van der Waals surface area contributed by atoms with Crippen molar-refractivity contribution in [2.45, 2.75) is 0 Å². The van der Waals surface area contributed by atoms with Gasteiger partial charge in [0.1, 0.15) is 5.75 Å². The molecule has 0 unspecified atom stereocenters. The van der Waals surface area contributed by atoms with Gasteiger partial charge in [-0.25, -0.2) is 0 Å². The summed E-state index contributed by atoms with van der Waals surface area (Å²) in [5.41, 5.74) is 7.26. The molecule has 0 aromatic heterocycles. The van der Waals surface area contributed by atoms with Gasteiger partial charge < -0.3 is 25.3 Å². The van der Waals surface area contributed by atoms with E-state index in [0.29, 0.717) is 34.2 Å². The molecule has 22 heavy (non-hydrogen) atoms. The minimum atomic E-state index is -0.276. The smallest absolute Gasteiger partial charge is 0.255 e. The predicted octanol–water partition coefficient (Wildman–Crippen LogP) is 2.55. The van der Waals surface area contributed by atoms with Gasteiger partial charge >= 0.3 is 0 Å². The Morgan fingerprint density at radius 3 is 2.09 bits per heavy atom. The maximum atomic E-state index is 12.2. The Hall–Kier alpha value is -2.89. The number of anilines is 2. The fourth-order valence-electron chi connectivity index (χ4n) is 1.94. The first-order valence-electron chi connectivity index (χ1n) is 6.56. The third kappa shape index (κ3) is 3.22. The molecule has 0 radical (unpaired) electrons. The van der Waals surface area contributed by atoms with Crippen molar-refractivity contribution < 1.29 is 19.0 Å². The maximum Gasteiger partial charge on any atom is 0.255 e. The lowest BCUT2D eigenvalue weighted by Crippen LogP contribution is -2.13. The molecule has 2 aromatic carbocycles. The van der Waals surface area contributed by atoms with Crippen LogP contribution in [0.5, 0.6) is 17.2 Å². The highest BCUT2D eigenvalue weighted by Crippen LogP contribution is 2.35. The van der Waals surface area contributed by atoms with Crippen LogP contribution < -0.4 is 25.3 Å². The zero-order valence-corrected chi connectivity index (χ0v) is 12.7. The lowest BCUT2D eigenvalue weighted by atomic mass is 10.2. The maximum absolute atomic E-state index is 12.2. The van der Waals surface area contributed by atoms with E-state index >= 15 is 0 Å². The van der Waals surface area contributed by atoms with E-state index in [-0.39, 0.29) is 5.91 Å². The summed E-state index contributed by atoms with van der Waals surface area (Å²) in [7, 11) is 4.61. The molecular weight excluding hydrogens is 284 g/mol. The normalized spacial score (nSPS) is 9.95. The van der Waals surface area contributed by atoms with E-state index in [4.69, 9.17) is 19.9 Å². The molecule has 6 nitrogen and oxygen atoms in total. The first-order chi connectivity index (χ1) is 10.6. The van der Waals surface area contributed by atoms with E-state index in [1.807, 2.05) is 0 Å². The van der Waals surface area contributed by atoms with E-state index in [0.717, 1.165) is 0 Å². The summed E-state index contributed by atoms with van der Waals surface area (Å²) in [5.74, 6) is 1.40. The minimum absolute atomic E-state index is 0.276. The average Bonchev–Trinajstić information content (AvgIpc) is 2.56. The molecule has 2 rings (SSSR count). The van der Waals surface area contributed by atoms with Gasteiger partial charge in [-0.15, -0.1) is 0 Å². The average molecular weight is 302 g/mol. The van der Waals surface area contributed by atoms with Crippen LogP contribution >= 0.6 is 0 Å². The molecule has 6 heteroatoms. The van der Waals surface area contributed by atoms with Crippen molar-refractivity contribution in [1.82, 2.24) is 0 Å². The molecule has 0 saturated carbocycles. The largest absolute Gasteiger partial charge is 0.497 e. The van der Waals surface area contributed by atoms with Crippen LogP contribution in [0.3, 0.4) is 0 Å². The quantitative estimate of drug-likeness (QED) is 0.829. The number of rotatable bonds is 5. The standard InChI is InChI=1S/C16H18N2O4/c1-20-11-6-4-10(5-7-11)16(19)18-13-9-15(22-3)14(21-2)8-12(13)17/h4-9H,17H2,1-3H3,(H,18,19). The number of amides is 1. The van der Waals surface area contributed by atoms with E-state index in [1.165, 1.54) is 14.2 Å². The van der Waals surface area contributed by atoms with Crippen LogP contribution in [0.2, 0.25) is 0 Å². The van der Waals surface area contributed by atoms with Crippen LogP contribution in [0.4, 0.5) is 11.4 Å². The van der Waals surface area contributed by atoms with Crippen molar-refractivity contribution in [3.05, 3.63) is 42.0 Å². The molecule has 0 aliphatic carbocycles. The van der Waals surface area contributed by atoms with Gasteiger partial charge in [0.25, 0.3) is 5.91 Å². The minimum Gasteiger partial charge on any atom is -0.497 e. The van der Waals surface area contributed by atoms with Crippen molar-refractivity contribution in [3.63, 3.8) is 0 Å². The number of methoxy groups -OCH3 is 3. The molecule has 0 saturated heterocycles. The van der Waals surface area contributed by atoms with E-state index in [2.05, 4.69) is 5.32 Å². The summed E-state index contributed by atoms with van der Waals surface area (Å²) in [5, 5.41) is 2.75. The fraction of sp³-hybridized carbons (Fsp3) is 0.188. The highest BCUT2D eigenvalue weighted by atomic mass is 16.5. The lowest BCUT2D eigenvalue weighted by molar-refractivity contribution is 0.102. The highest BCUT2D eigenvalue weighted by molar-refractivity contribution is 6.06. The Bertz CT molecular complexity index is 669. The third-order valence-electron chi connectivity index (χ3n) is 3.16. The second-order valence-corrected chi connectivity index (χ2v) is 4.48. The van der Waals surface area contributed by atoms with Gasteiger partial charge in [0, 0.05) is 17.7 Å². The summed E-state index contributed by atoms with van der Waals surface area (Å²) < 4.78 is 15.4. The van der Waals surface area contributed by atoms with Gasteiger partial charge in [-0.2, -0.15) is 0 Å². The second kappa shape index (κ2) is 6.71. The number of benzene rings is 2. The Kier molecular flexibility index (Phi) is 4.73. The Morgan fingerprint density at radius 2 is 1.55 bits per heavy atom. The Labute approximate surface area is 128 Å². The first-order valence-corrected chi connectivity index (χ1v) is 6.56. The molecule has 0 atom stereocenters. The predicted molar refractivity (Wildman–Crippen MR) is 84.9 cm³/mol. The number of ether oxygens (including phenoxy) is 3. The zero-order chi connectivity index (χ0) is 16.1. The molecule has 116 valence electrons. The number of carbonyl (C=O) groups is 1. The van der Waals surface area contributed by atoms with E-state index in [9.17, 15) is 4.79 Å². The van der Waals surface area contributed by atoms with Gasteiger partial charge in [0.05, 0.1) is 32.7 Å². The van der Waals surface area contributed by atoms with Crippen LogP contribution in [-0.2, 0) is 0 Å². The van der Waals surface area contributed by atoms with Crippen LogP contribution in [0.15, 0.2) is 36.4 Å². The van der Waals surface area contributed by atoms with Gasteiger partial charge in [0.15, 0.2) is 11.5 Å². The molecule has 2 aromatic rings. The van der Waals surface area contributed by atoms with Gasteiger partial charge in [-0.3, -0.25) is 4.79 Å². The molecule has 0 spiro atoms. The third-order valence-corrected chi connectivity index (χ3v) is 3.16. The van der Waals surface area contributed by atoms with E-state index < -0.39 is 0 Å². The Balaban J connectivity index is 2.23. The number of hydrogen-bond acceptors (Lipinski definition) is 5. The molecular formula is C16H18N2O4. The number of hydrogen-bond donors (Lipinski definition) is 2. The molecule has 0 aliphatic heterocycles. The van der Waals surface area contributed by atoms with Gasteiger partial charge in [-0.05, 0) is 24.3 Å². The molecule has 0 heterocycles. The number of carbonyl (C=O) groups excluding carboxylic acids is 1. The van der Waals surface area contributed by atoms with E-state index in [1.54, 1.807) is 43.5 Å². The second-order valence-electron chi connectivity index (χ2n) is 4.48. The SMILES string of the molecule is COc1ccc(C(=O)Nc2cc(OC)c(OC)cc2N)cc1. The summed E-state index contributed by atoms with van der Waals surface area (Å²) in [6.45, 7) is 0. The molecule has 0 fully saturated rings. The molecule has 1 amide bonds. The van der Waals surface area contributed by atoms with Crippen molar-refractivity contribution >= 4 is 17.3 Å².